The number of amides is 1. The van der Waals surface area contributed by atoms with Crippen LogP contribution in [0.5, 0.6) is 11.5 Å². The fourth-order valence-electron chi connectivity index (χ4n) is 4.40. The lowest BCUT2D eigenvalue weighted by atomic mass is 9.94. The van der Waals surface area contributed by atoms with Crippen LogP contribution in [0.4, 0.5) is 0 Å². The van der Waals surface area contributed by atoms with Crippen molar-refractivity contribution in [2.45, 2.75) is 39.8 Å². The van der Waals surface area contributed by atoms with Crippen LogP contribution in [0.2, 0.25) is 0 Å². The number of aliphatic hydroxyl groups is 1. The Balaban J connectivity index is 1.77. The number of carbonyl (C=O) groups is 2. The molecule has 1 unspecified atom stereocenters. The zero-order valence-electron chi connectivity index (χ0n) is 20.8. The lowest BCUT2D eigenvalue weighted by Crippen LogP contribution is -2.31. The molecule has 1 fully saturated rings. The van der Waals surface area contributed by atoms with E-state index in [2.05, 4.69) is 4.98 Å². The molecule has 1 amide bonds. The highest BCUT2D eigenvalue weighted by Crippen LogP contribution is 2.42. The molecule has 1 N–H and O–H groups in total. The number of aryl methyl sites for hydroxylation is 2. The Morgan fingerprint density at radius 2 is 1.72 bits per heavy atom. The largest absolute Gasteiger partial charge is 0.507 e. The number of Topliss-reactive ketones (excluding diaryl/α,β-unsaturated/α-hetero) is 1. The Bertz CT molecular complexity index is 1250. The van der Waals surface area contributed by atoms with Gasteiger partial charge in [-0.1, -0.05) is 35.9 Å². The van der Waals surface area contributed by atoms with Gasteiger partial charge in [0.2, 0.25) is 0 Å². The molecule has 1 aromatic heterocycles. The first kappa shape index (κ1) is 25.0. The second-order valence-electron chi connectivity index (χ2n) is 8.58. The molecule has 8 nitrogen and oxygen atoms in total. The molecule has 1 aliphatic heterocycles. The van der Waals surface area contributed by atoms with E-state index in [0.29, 0.717) is 55.4 Å². The summed E-state index contributed by atoms with van der Waals surface area (Å²) in [4.78, 5) is 32.1. The third-order valence-corrected chi connectivity index (χ3v) is 6.12. The van der Waals surface area contributed by atoms with Gasteiger partial charge in [0, 0.05) is 31.0 Å². The highest BCUT2D eigenvalue weighted by molar-refractivity contribution is 6.46. The Kier molecular flexibility index (Phi) is 7.73. The van der Waals surface area contributed by atoms with E-state index in [1.807, 2.05) is 49.7 Å². The molecule has 0 bridgehead atoms. The van der Waals surface area contributed by atoms with Crippen molar-refractivity contribution in [3.63, 3.8) is 0 Å². The third-order valence-electron chi connectivity index (χ3n) is 6.12. The van der Waals surface area contributed by atoms with E-state index in [-0.39, 0.29) is 11.3 Å². The van der Waals surface area contributed by atoms with Crippen molar-refractivity contribution in [3.05, 3.63) is 83.4 Å². The van der Waals surface area contributed by atoms with Crippen molar-refractivity contribution in [1.29, 1.82) is 0 Å². The number of ether oxygens (including phenoxy) is 2. The van der Waals surface area contributed by atoms with E-state index < -0.39 is 17.7 Å². The molecule has 1 saturated heterocycles. The molecule has 0 spiro atoms. The summed E-state index contributed by atoms with van der Waals surface area (Å²) in [6.07, 6.45) is 5.87. The Labute approximate surface area is 210 Å². The number of carbonyl (C=O) groups excluding carboxylic acids is 2. The fraction of sp³-hybridized carbons (Fsp3) is 0.321. The topological polar surface area (TPSA) is 93.9 Å². The van der Waals surface area contributed by atoms with Gasteiger partial charge in [0.15, 0.2) is 11.5 Å². The average molecular weight is 490 g/mol. The summed E-state index contributed by atoms with van der Waals surface area (Å²) in [5.74, 6) is -0.420. The Morgan fingerprint density at radius 3 is 2.39 bits per heavy atom. The number of aliphatic hydroxyl groups excluding tert-OH is 1. The van der Waals surface area contributed by atoms with Crippen LogP contribution in [0.25, 0.3) is 5.76 Å². The lowest BCUT2D eigenvalue weighted by molar-refractivity contribution is -0.139. The normalized spacial score (nSPS) is 17.0. The van der Waals surface area contributed by atoms with Crippen LogP contribution in [0, 0.1) is 6.92 Å². The molecule has 1 atom stereocenters. The number of rotatable bonds is 10. The minimum absolute atomic E-state index is 0.0677. The first-order valence-electron chi connectivity index (χ1n) is 12.1. The first-order chi connectivity index (χ1) is 17.4. The van der Waals surface area contributed by atoms with Crippen molar-refractivity contribution >= 4 is 17.4 Å². The van der Waals surface area contributed by atoms with E-state index in [0.717, 1.165) is 5.56 Å². The molecular weight excluding hydrogens is 458 g/mol. The maximum absolute atomic E-state index is 13.3. The van der Waals surface area contributed by atoms with Gasteiger partial charge in [-0.15, -0.1) is 0 Å². The number of nitrogens with zero attached hydrogens (tertiary/aromatic N) is 3. The van der Waals surface area contributed by atoms with Crippen LogP contribution in [0.3, 0.4) is 0 Å². The highest BCUT2D eigenvalue weighted by Gasteiger charge is 2.46. The predicted octanol–water partition coefficient (Wildman–Crippen LogP) is 4.50. The van der Waals surface area contributed by atoms with Crippen molar-refractivity contribution in [3.8, 4) is 11.5 Å². The van der Waals surface area contributed by atoms with Crippen LogP contribution in [0.15, 0.2) is 66.8 Å². The number of benzene rings is 2. The third kappa shape index (κ3) is 5.12. The van der Waals surface area contributed by atoms with E-state index in [1.165, 1.54) is 4.90 Å². The summed E-state index contributed by atoms with van der Waals surface area (Å²) in [6, 6.07) is 11.8. The van der Waals surface area contributed by atoms with E-state index >= 15 is 0 Å². The molecule has 8 heteroatoms. The SMILES string of the molecule is CCOc1ccc(C2/C(=C(/O)c3ccc(C)cc3)C(=O)C(=O)N2CCCn2ccnc2)cc1OCC. The molecule has 2 aromatic carbocycles. The van der Waals surface area contributed by atoms with Crippen LogP contribution >= 0.6 is 0 Å². The summed E-state index contributed by atoms with van der Waals surface area (Å²) in [5.41, 5.74) is 2.24. The minimum Gasteiger partial charge on any atom is -0.507 e. The maximum atomic E-state index is 13.3. The van der Waals surface area contributed by atoms with Gasteiger partial charge in [-0.3, -0.25) is 9.59 Å². The molecule has 188 valence electrons. The van der Waals surface area contributed by atoms with Crippen LogP contribution in [0.1, 0.15) is 43.0 Å². The van der Waals surface area contributed by atoms with Gasteiger partial charge >= 0.3 is 0 Å². The summed E-state index contributed by atoms with van der Waals surface area (Å²) >= 11 is 0. The molecule has 4 rings (SSSR count). The number of aromatic nitrogens is 2. The van der Waals surface area contributed by atoms with Gasteiger partial charge in [-0.05, 0) is 44.9 Å². The van der Waals surface area contributed by atoms with E-state index in [1.54, 1.807) is 36.8 Å². The number of hydrogen-bond donors (Lipinski definition) is 1. The van der Waals surface area contributed by atoms with Crippen molar-refractivity contribution in [2.24, 2.45) is 0 Å². The molecule has 1 aliphatic rings. The predicted molar refractivity (Wildman–Crippen MR) is 136 cm³/mol. The minimum atomic E-state index is -0.760. The fourth-order valence-corrected chi connectivity index (χ4v) is 4.40. The summed E-state index contributed by atoms with van der Waals surface area (Å²) in [5, 5.41) is 11.2. The van der Waals surface area contributed by atoms with Crippen LogP contribution in [-0.4, -0.2) is 51.0 Å². The van der Waals surface area contributed by atoms with Gasteiger partial charge in [0.05, 0.1) is 31.2 Å². The zero-order valence-corrected chi connectivity index (χ0v) is 20.8. The van der Waals surface area contributed by atoms with E-state index in [4.69, 9.17) is 9.47 Å². The lowest BCUT2D eigenvalue weighted by Gasteiger charge is -2.26. The Morgan fingerprint density at radius 1 is 1.00 bits per heavy atom. The molecule has 2 heterocycles. The number of ketones is 1. The van der Waals surface area contributed by atoms with Crippen LogP contribution in [-0.2, 0) is 16.1 Å². The van der Waals surface area contributed by atoms with Crippen molar-refractivity contribution < 1.29 is 24.2 Å². The monoisotopic (exact) mass is 489 g/mol. The number of hydrogen-bond acceptors (Lipinski definition) is 6. The second kappa shape index (κ2) is 11.1. The van der Waals surface area contributed by atoms with Crippen molar-refractivity contribution in [1.82, 2.24) is 14.5 Å². The second-order valence-corrected chi connectivity index (χ2v) is 8.58. The molecule has 3 aromatic rings. The zero-order chi connectivity index (χ0) is 25.7. The summed E-state index contributed by atoms with van der Waals surface area (Å²) in [7, 11) is 0. The Hall–Kier alpha value is -4.07. The van der Waals surface area contributed by atoms with Gasteiger partial charge in [-0.2, -0.15) is 0 Å². The van der Waals surface area contributed by atoms with Gasteiger partial charge < -0.3 is 24.0 Å². The molecule has 0 saturated carbocycles. The maximum Gasteiger partial charge on any atom is 0.295 e. The molecular formula is C28H31N3O5. The highest BCUT2D eigenvalue weighted by atomic mass is 16.5. The van der Waals surface area contributed by atoms with Gasteiger partial charge in [-0.25, -0.2) is 4.98 Å². The quantitative estimate of drug-likeness (QED) is 0.256. The average Bonchev–Trinajstić information content (AvgIpc) is 3.48. The summed E-state index contributed by atoms with van der Waals surface area (Å²) < 4.78 is 13.4. The summed E-state index contributed by atoms with van der Waals surface area (Å²) in [6.45, 7) is 7.58. The van der Waals surface area contributed by atoms with Crippen molar-refractivity contribution in [2.75, 3.05) is 19.8 Å². The van der Waals surface area contributed by atoms with Gasteiger partial charge in [0.1, 0.15) is 5.76 Å². The smallest absolute Gasteiger partial charge is 0.295 e. The standard InChI is InChI=1S/C28H31N3O5/c1-4-35-22-12-11-21(17-23(22)36-5-2)25-24(26(32)20-9-7-19(3)8-10-20)27(33)28(34)31(25)15-6-14-30-16-13-29-18-30/h7-13,16-18,25,32H,4-6,14-15H2,1-3H3/b26-24-. The number of imidazole rings is 1. The van der Waals surface area contributed by atoms with Crippen LogP contribution < -0.4 is 9.47 Å². The van der Waals surface area contributed by atoms with Gasteiger partial charge in [0.25, 0.3) is 11.7 Å². The molecule has 0 aliphatic carbocycles. The number of likely N-dealkylation sites (tertiary alicyclic amines) is 1. The molecule has 0 radical (unpaired) electrons. The van der Waals surface area contributed by atoms with E-state index in [9.17, 15) is 14.7 Å². The molecule has 36 heavy (non-hydrogen) atoms. The first-order valence-corrected chi connectivity index (χ1v) is 12.1.